The van der Waals surface area contributed by atoms with Crippen molar-refractivity contribution in [2.24, 2.45) is 5.92 Å². The van der Waals surface area contributed by atoms with Crippen LogP contribution in [0.5, 0.6) is 0 Å². The maximum Gasteiger partial charge on any atom is 0.251 e. The summed E-state index contributed by atoms with van der Waals surface area (Å²) < 4.78 is 0. The molecule has 2 amide bonds. The summed E-state index contributed by atoms with van der Waals surface area (Å²) in [6.07, 6.45) is 1.44. The van der Waals surface area contributed by atoms with Gasteiger partial charge in [0, 0.05) is 27.9 Å². The first-order valence-electron chi connectivity index (χ1n) is 12.5. The number of halogens is 3. The number of rotatable bonds is 2. The summed E-state index contributed by atoms with van der Waals surface area (Å²) in [5.41, 5.74) is 0.448. The zero-order valence-corrected chi connectivity index (χ0v) is 22.5. The Labute approximate surface area is 234 Å². The zero-order valence-electron chi connectivity index (χ0n) is 20.3. The molecule has 2 spiro atoms. The van der Waals surface area contributed by atoms with E-state index in [2.05, 4.69) is 15.5 Å². The van der Waals surface area contributed by atoms with Gasteiger partial charge in [-0.1, -0.05) is 59.1 Å². The summed E-state index contributed by atoms with van der Waals surface area (Å²) in [7, 11) is 0. The lowest BCUT2D eigenvalue weighted by molar-refractivity contribution is -0.137. The number of benzene rings is 3. The number of hydrogen-bond acceptors (Lipinski definition) is 4. The van der Waals surface area contributed by atoms with E-state index in [-0.39, 0.29) is 34.2 Å². The minimum absolute atomic E-state index is 0.213. The number of amides is 2. The fraction of sp³-hybridized carbons (Fsp3) is 0.276. The molecule has 0 saturated carbocycles. The van der Waals surface area contributed by atoms with Gasteiger partial charge in [0.25, 0.3) is 5.91 Å². The molecule has 3 aromatic carbocycles. The number of nitrogens with zero attached hydrogens (tertiary/aromatic N) is 1. The first kappa shape index (κ1) is 24.2. The van der Waals surface area contributed by atoms with E-state index in [9.17, 15) is 14.4 Å². The van der Waals surface area contributed by atoms with E-state index in [1.54, 1.807) is 18.2 Å². The molecule has 2 fully saturated rings. The number of nitrogens with one attached hydrogen (secondary N) is 2. The molecule has 192 valence electrons. The molecule has 4 heterocycles. The van der Waals surface area contributed by atoms with E-state index in [1.807, 2.05) is 37.3 Å². The van der Waals surface area contributed by atoms with Gasteiger partial charge in [-0.2, -0.15) is 0 Å². The van der Waals surface area contributed by atoms with Crippen LogP contribution in [0.25, 0.3) is 0 Å². The topological polar surface area (TPSA) is 78.5 Å². The van der Waals surface area contributed by atoms with Crippen molar-refractivity contribution in [2.45, 2.75) is 36.8 Å². The molecule has 6 nitrogen and oxygen atoms in total. The van der Waals surface area contributed by atoms with Crippen LogP contribution >= 0.6 is 34.8 Å². The number of anilines is 2. The molecule has 2 N–H and O–H groups in total. The molecule has 4 atom stereocenters. The predicted molar refractivity (Wildman–Crippen MR) is 147 cm³/mol. The van der Waals surface area contributed by atoms with Crippen LogP contribution in [0.4, 0.5) is 11.4 Å². The average Bonchev–Trinajstić information content (AvgIpc) is 3.58. The standard InChI is InChI=1S/C29H22Cl3N3O3/c1-14-11-18-24(20(32)12-14)34-27(38)29(18)28(17-5-2-3-6-21(17)33-26(28)37)23(22-7-4-10-35(22)29)25(36)16-9-8-15(30)13-19(16)31/h2-3,5-6,8-9,11-13,22-23H,4,7,10H2,1H3,(H,33,37)(H,34,38)/t22-,23+,28-,29-/m1/s1. The molecule has 38 heavy (non-hydrogen) atoms. The summed E-state index contributed by atoms with van der Waals surface area (Å²) in [6.45, 7) is 2.46. The van der Waals surface area contributed by atoms with Gasteiger partial charge in [0.15, 0.2) is 5.78 Å². The van der Waals surface area contributed by atoms with Crippen LogP contribution in [0.1, 0.15) is 39.9 Å². The summed E-state index contributed by atoms with van der Waals surface area (Å²) >= 11 is 19.4. The monoisotopic (exact) mass is 565 g/mol. The van der Waals surface area contributed by atoms with Crippen molar-refractivity contribution in [1.29, 1.82) is 0 Å². The SMILES string of the molecule is Cc1cc(Cl)c2c(c1)[C@]1(C(=O)N2)N2CCC[C@@H]2[C@@H](C(=O)c2ccc(Cl)cc2Cl)[C@]12C(=O)Nc1ccccc12. The number of carbonyl (C=O) groups excluding carboxylic acids is 3. The highest BCUT2D eigenvalue weighted by molar-refractivity contribution is 6.37. The Morgan fingerprint density at radius 1 is 0.947 bits per heavy atom. The second-order valence-corrected chi connectivity index (χ2v) is 11.8. The lowest BCUT2D eigenvalue weighted by atomic mass is 9.57. The van der Waals surface area contributed by atoms with Crippen molar-refractivity contribution < 1.29 is 14.4 Å². The van der Waals surface area contributed by atoms with Crippen LogP contribution < -0.4 is 10.6 Å². The third-order valence-electron chi connectivity index (χ3n) is 8.78. The van der Waals surface area contributed by atoms with Gasteiger partial charge in [-0.15, -0.1) is 0 Å². The maximum atomic E-state index is 14.6. The molecule has 0 aromatic heterocycles. The molecule has 0 bridgehead atoms. The van der Waals surface area contributed by atoms with Crippen LogP contribution in [-0.4, -0.2) is 35.1 Å². The highest BCUT2D eigenvalue weighted by Gasteiger charge is 2.81. The molecule has 0 unspecified atom stereocenters. The van der Waals surface area contributed by atoms with E-state index < -0.39 is 16.9 Å². The molecule has 0 aliphatic carbocycles. The van der Waals surface area contributed by atoms with Crippen LogP contribution in [-0.2, 0) is 20.5 Å². The van der Waals surface area contributed by atoms with Crippen molar-refractivity contribution in [1.82, 2.24) is 4.90 Å². The summed E-state index contributed by atoms with van der Waals surface area (Å²) in [5, 5.41) is 7.06. The Morgan fingerprint density at radius 3 is 2.53 bits per heavy atom. The third-order valence-corrected chi connectivity index (χ3v) is 9.63. The van der Waals surface area contributed by atoms with Crippen LogP contribution in [0.15, 0.2) is 54.6 Å². The van der Waals surface area contributed by atoms with Gasteiger partial charge in [0.2, 0.25) is 5.91 Å². The van der Waals surface area contributed by atoms with Gasteiger partial charge >= 0.3 is 0 Å². The van der Waals surface area contributed by atoms with Crippen LogP contribution in [0.3, 0.4) is 0 Å². The fourth-order valence-electron chi connectivity index (χ4n) is 7.63. The molecule has 3 aromatic rings. The quantitative estimate of drug-likeness (QED) is 0.375. The van der Waals surface area contributed by atoms with E-state index in [1.165, 1.54) is 6.07 Å². The molecule has 4 aliphatic heterocycles. The van der Waals surface area contributed by atoms with Crippen molar-refractivity contribution in [2.75, 3.05) is 17.2 Å². The summed E-state index contributed by atoms with van der Waals surface area (Å²) in [5.74, 6) is -1.90. The predicted octanol–water partition coefficient (Wildman–Crippen LogP) is 5.97. The normalized spacial score (nSPS) is 28.9. The number of fused-ring (bicyclic) bond motifs is 7. The van der Waals surface area contributed by atoms with Crippen molar-refractivity contribution >= 4 is 63.8 Å². The van der Waals surface area contributed by atoms with E-state index in [4.69, 9.17) is 34.8 Å². The van der Waals surface area contributed by atoms with Crippen LogP contribution in [0.2, 0.25) is 15.1 Å². The van der Waals surface area contributed by atoms with Gasteiger partial charge in [0.05, 0.1) is 21.7 Å². The van der Waals surface area contributed by atoms with Gasteiger partial charge < -0.3 is 10.6 Å². The Bertz CT molecular complexity index is 1610. The van der Waals surface area contributed by atoms with Gasteiger partial charge in [-0.25, -0.2) is 0 Å². The Kier molecular flexibility index (Phi) is 5.12. The minimum atomic E-state index is -1.55. The minimum Gasteiger partial charge on any atom is -0.325 e. The van der Waals surface area contributed by atoms with Gasteiger partial charge in [-0.05, 0) is 67.8 Å². The molecule has 2 saturated heterocycles. The van der Waals surface area contributed by atoms with Gasteiger partial charge in [-0.3, -0.25) is 19.3 Å². The highest BCUT2D eigenvalue weighted by Crippen LogP contribution is 2.68. The lowest BCUT2D eigenvalue weighted by Crippen LogP contribution is -2.62. The van der Waals surface area contributed by atoms with Gasteiger partial charge in [0.1, 0.15) is 11.0 Å². The third kappa shape index (κ3) is 2.71. The molecule has 7 rings (SSSR count). The Hall–Kier alpha value is -2.90. The number of carbonyl (C=O) groups is 3. The van der Waals surface area contributed by atoms with E-state index in [0.29, 0.717) is 45.5 Å². The largest absolute Gasteiger partial charge is 0.325 e. The fourth-order valence-corrected chi connectivity index (χ4v) is 8.45. The van der Waals surface area contributed by atoms with Crippen molar-refractivity contribution in [3.8, 4) is 0 Å². The molecule has 0 radical (unpaired) electrons. The Morgan fingerprint density at radius 2 is 1.74 bits per heavy atom. The number of Topliss-reactive ketones (excluding diaryl/α,β-unsaturated/α-hetero) is 1. The molecular formula is C29H22Cl3N3O3. The molecular weight excluding hydrogens is 545 g/mol. The number of para-hydroxylation sites is 1. The summed E-state index contributed by atoms with van der Waals surface area (Å²) in [6, 6.07) is 15.4. The lowest BCUT2D eigenvalue weighted by Gasteiger charge is -2.43. The smallest absolute Gasteiger partial charge is 0.251 e. The Balaban J connectivity index is 1.61. The van der Waals surface area contributed by atoms with Crippen molar-refractivity contribution in [3.05, 3.63) is 91.9 Å². The number of ketones is 1. The van der Waals surface area contributed by atoms with Crippen LogP contribution in [0, 0.1) is 12.8 Å². The average molecular weight is 567 g/mol. The first-order valence-corrected chi connectivity index (χ1v) is 13.7. The highest BCUT2D eigenvalue weighted by atomic mass is 35.5. The number of hydrogen-bond donors (Lipinski definition) is 2. The second-order valence-electron chi connectivity index (χ2n) is 10.5. The van der Waals surface area contributed by atoms with Crippen molar-refractivity contribution in [3.63, 3.8) is 0 Å². The summed E-state index contributed by atoms with van der Waals surface area (Å²) in [4.78, 5) is 45.7. The maximum absolute atomic E-state index is 14.6. The molecule has 9 heteroatoms. The number of aryl methyl sites for hydroxylation is 1. The second kappa shape index (κ2) is 8.06. The molecule has 4 aliphatic rings. The van der Waals surface area contributed by atoms with E-state index in [0.717, 1.165) is 12.0 Å². The zero-order chi connectivity index (χ0) is 26.6. The van der Waals surface area contributed by atoms with E-state index >= 15 is 0 Å². The first-order chi connectivity index (χ1) is 18.2.